The summed E-state index contributed by atoms with van der Waals surface area (Å²) >= 11 is 0. The van der Waals surface area contributed by atoms with Crippen molar-refractivity contribution in [2.45, 2.75) is 20.0 Å². The number of hydrogen-bond acceptors (Lipinski definition) is 5. The van der Waals surface area contributed by atoms with Crippen molar-refractivity contribution in [3.8, 4) is 0 Å². The summed E-state index contributed by atoms with van der Waals surface area (Å²) in [7, 11) is 0. The molecule has 0 spiro atoms. The number of carbonyl (C=O) groups excluding carboxylic acids is 1. The van der Waals surface area contributed by atoms with Crippen molar-refractivity contribution in [2.75, 3.05) is 19.7 Å². The van der Waals surface area contributed by atoms with E-state index in [1.807, 2.05) is 55.1 Å². The lowest BCUT2D eigenvalue weighted by atomic mass is 10.1. The molecule has 1 fully saturated rings. The molecule has 1 atom stereocenters. The summed E-state index contributed by atoms with van der Waals surface area (Å²) < 4.78 is 5.88. The number of benzene rings is 1. The van der Waals surface area contributed by atoms with Crippen molar-refractivity contribution in [2.24, 2.45) is 0 Å². The summed E-state index contributed by atoms with van der Waals surface area (Å²) in [5, 5.41) is 0.872. The molecule has 132 valence electrons. The van der Waals surface area contributed by atoms with Gasteiger partial charge in [-0.3, -0.25) is 9.78 Å². The normalized spacial score (nSPS) is 17.5. The molecule has 0 unspecified atom stereocenters. The summed E-state index contributed by atoms with van der Waals surface area (Å²) in [5.41, 5.74) is 3.23. The van der Waals surface area contributed by atoms with Gasteiger partial charge in [0.1, 0.15) is 11.9 Å². The molecule has 6 nitrogen and oxygen atoms in total. The van der Waals surface area contributed by atoms with E-state index in [0.29, 0.717) is 31.1 Å². The summed E-state index contributed by atoms with van der Waals surface area (Å²) in [6.07, 6.45) is 1.50. The largest absolute Gasteiger partial charge is 0.368 e. The molecular formula is C20H20N4O2. The summed E-state index contributed by atoms with van der Waals surface area (Å²) in [6, 6.07) is 11.4. The van der Waals surface area contributed by atoms with Gasteiger partial charge in [-0.2, -0.15) is 0 Å². The topological polar surface area (TPSA) is 68.2 Å². The van der Waals surface area contributed by atoms with Crippen LogP contribution in [0.4, 0.5) is 0 Å². The van der Waals surface area contributed by atoms with E-state index in [1.165, 1.54) is 0 Å². The van der Waals surface area contributed by atoms with Crippen LogP contribution < -0.4 is 0 Å². The number of aromatic nitrogens is 3. The molecule has 6 heteroatoms. The molecule has 0 aliphatic carbocycles. The quantitative estimate of drug-likeness (QED) is 0.712. The molecule has 1 amide bonds. The molecule has 1 aliphatic rings. The molecular weight excluding hydrogens is 328 g/mol. The van der Waals surface area contributed by atoms with E-state index in [0.717, 1.165) is 22.3 Å². The minimum absolute atomic E-state index is 0.000556. The Hall–Kier alpha value is -2.86. The number of rotatable bonds is 2. The maximum atomic E-state index is 13.1. The molecule has 3 heterocycles. The second-order valence-electron chi connectivity index (χ2n) is 6.47. The van der Waals surface area contributed by atoms with Crippen LogP contribution in [0.15, 0.2) is 42.6 Å². The Morgan fingerprint density at radius 3 is 2.92 bits per heavy atom. The van der Waals surface area contributed by atoms with Crippen LogP contribution in [0.1, 0.15) is 33.7 Å². The highest BCUT2D eigenvalue weighted by molar-refractivity contribution is 6.06. The summed E-state index contributed by atoms with van der Waals surface area (Å²) in [5.74, 6) is 0.714. The zero-order valence-corrected chi connectivity index (χ0v) is 14.8. The Kier molecular flexibility index (Phi) is 4.34. The maximum Gasteiger partial charge on any atom is 0.254 e. The van der Waals surface area contributed by atoms with Gasteiger partial charge in [-0.05, 0) is 38.1 Å². The zero-order valence-electron chi connectivity index (χ0n) is 14.8. The average Bonchev–Trinajstić information content (AvgIpc) is 2.66. The lowest BCUT2D eigenvalue weighted by Crippen LogP contribution is -2.42. The Balaban J connectivity index is 1.62. The van der Waals surface area contributed by atoms with Crippen molar-refractivity contribution in [1.29, 1.82) is 0 Å². The van der Waals surface area contributed by atoms with Crippen LogP contribution in [-0.2, 0) is 4.74 Å². The summed E-state index contributed by atoms with van der Waals surface area (Å²) in [6.45, 7) is 5.33. The molecule has 0 N–H and O–H groups in total. The molecule has 4 rings (SSSR count). The Bertz CT molecular complexity index is 947. The van der Waals surface area contributed by atoms with Crippen molar-refractivity contribution < 1.29 is 9.53 Å². The second-order valence-corrected chi connectivity index (χ2v) is 6.47. The number of carbonyl (C=O) groups is 1. The molecule has 1 aliphatic heterocycles. The highest BCUT2D eigenvalue weighted by Gasteiger charge is 2.28. The highest BCUT2D eigenvalue weighted by atomic mass is 16.5. The highest BCUT2D eigenvalue weighted by Crippen LogP contribution is 2.24. The van der Waals surface area contributed by atoms with Crippen LogP contribution in [0, 0.1) is 13.8 Å². The van der Waals surface area contributed by atoms with Gasteiger partial charge < -0.3 is 9.64 Å². The van der Waals surface area contributed by atoms with E-state index in [4.69, 9.17) is 4.74 Å². The third-order valence-electron chi connectivity index (χ3n) is 4.55. The molecule has 0 saturated carbocycles. The Morgan fingerprint density at radius 1 is 1.19 bits per heavy atom. The maximum absolute atomic E-state index is 13.1. The SMILES string of the molecule is Cc1cc([C@H]2CN(C(=O)c3cccc4ncccc34)CCO2)nc(C)n1. The monoisotopic (exact) mass is 348 g/mol. The van der Waals surface area contributed by atoms with Gasteiger partial charge in [0.2, 0.25) is 0 Å². The van der Waals surface area contributed by atoms with Crippen molar-refractivity contribution >= 4 is 16.8 Å². The van der Waals surface area contributed by atoms with E-state index in [2.05, 4.69) is 15.0 Å². The van der Waals surface area contributed by atoms with Gasteiger partial charge in [0.25, 0.3) is 5.91 Å². The van der Waals surface area contributed by atoms with Gasteiger partial charge in [-0.15, -0.1) is 0 Å². The molecule has 1 aromatic carbocycles. The van der Waals surface area contributed by atoms with E-state index >= 15 is 0 Å². The second kappa shape index (κ2) is 6.80. The standard InChI is InChI=1S/C20H20N4O2/c1-13-11-18(23-14(2)22-13)19-12-24(9-10-26-19)20(25)16-5-3-7-17-15(16)6-4-8-21-17/h3-8,11,19H,9-10,12H2,1-2H3/t19-/m1/s1. The predicted molar refractivity (Wildman–Crippen MR) is 97.8 cm³/mol. The smallest absolute Gasteiger partial charge is 0.254 e. The Morgan fingerprint density at radius 2 is 2.08 bits per heavy atom. The molecule has 26 heavy (non-hydrogen) atoms. The lowest BCUT2D eigenvalue weighted by molar-refractivity contribution is -0.0248. The van der Waals surface area contributed by atoms with Crippen molar-refractivity contribution in [3.63, 3.8) is 0 Å². The first-order chi connectivity index (χ1) is 12.6. The van der Waals surface area contributed by atoms with E-state index in [9.17, 15) is 4.79 Å². The average molecular weight is 348 g/mol. The molecule has 3 aromatic rings. The number of fused-ring (bicyclic) bond motifs is 1. The Labute approximate surface area is 151 Å². The zero-order chi connectivity index (χ0) is 18.1. The van der Waals surface area contributed by atoms with Crippen molar-refractivity contribution in [1.82, 2.24) is 19.9 Å². The molecule has 2 aromatic heterocycles. The van der Waals surface area contributed by atoms with Crippen molar-refractivity contribution in [3.05, 3.63) is 65.4 Å². The fourth-order valence-electron chi connectivity index (χ4n) is 3.38. The van der Waals surface area contributed by atoms with Gasteiger partial charge in [0, 0.05) is 29.4 Å². The minimum Gasteiger partial charge on any atom is -0.368 e. The van der Waals surface area contributed by atoms with Gasteiger partial charge >= 0.3 is 0 Å². The molecule has 1 saturated heterocycles. The molecule has 0 bridgehead atoms. The van der Waals surface area contributed by atoms with E-state index in [1.54, 1.807) is 6.20 Å². The minimum atomic E-state index is -0.235. The third kappa shape index (κ3) is 3.15. The first-order valence-corrected chi connectivity index (χ1v) is 8.68. The summed E-state index contributed by atoms with van der Waals surface area (Å²) in [4.78, 5) is 28.1. The predicted octanol–water partition coefficient (Wildman–Crippen LogP) is 2.86. The number of amides is 1. The van der Waals surface area contributed by atoms with Gasteiger partial charge in [0.15, 0.2) is 0 Å². The van der Waals surface area contributed by atoms with Crippen LogP contribution in [0.3, 0.4) is 0 Å². The van der Waals surface area contributed by atoms with Gasteiger partial charge in [-0.25, -0.2) is 9.97 Å². The van der Waals surface area contributed by atoms with Crippen LogP contribution in [-0.4, -0.2) is 45.5 Å². The van der Waals surface area contributed by atoms with Crippen LogP contribution >= 0.6 is 0 Å². The van der Waals surface area contributed by atoms with Crippen LogP contribution in [0.5, 0.6) is 0 Å². The van der Waals surface area contributed by atoms with Crippen LogP contribution in [0.2, 0.25) is 0 Å². The third-order valence-corrected chi connectivity index (χ3v) is 4.55. The van der Waals surface area contributed by atoms with Gasteiger partial charge in [0.05, 0.1) is 24.4 Å². The number of ether oxygens (including phenoxy) is 1. The number of nitrogens with zero attached hydrogens (tertiary/aromatic N) is 4. The number of hydrogen-bond donors (Lipinski definition) is 0. The van der Waals surface area contributed by atoms with E-state index in [-0.39, 0.29) is 12.0 Å². The lowest BCUT2D eigenvalue weighted by Gasteiger charge is -2.33. The first-order valence-electron chi connectivity index (χ1n) is 8.68. The fourth-order valence-corrected chi connectivity index (χ4v) is 3.38. The number of pyridine rings is 1. The van der Waals surface area contributed by atoms with Gasteiger partial charge in [-0.1, -0.05) is 12.1 Å². The molecule has 0 radical (unpaired) electrons. The number of morpholine rings is 1. The van der Waals surface area contributed by atoms with Crippen LogP contribution in [0.25, 0.3) is 10.9 Å². The van der Waals surface area contributed by atoms with E-state index < -0.39 is 0 Å². The first kappa shape index (κ1) is 16.6. The fraction of sp³-hybridized carbons (Fsp3) is 0.300. The number of aryl methyl sites for hydroxylation is 2.